The lowest BCUT2D eigenvalue weighted by Gasteiger charge is -2.06. The number of hydrogen-bond acceptors (Lipinski definition) is 2. The molecule has 0 radical (unpaired) electrons. The minimum absolute atomic E-state index is 0.0181. The van der Waals surface area contributed by atoms with Gasteiger partial charge >= 0.3 is 0 Å². The molecule has 1 rings (SSSR count). The Morgan fingerprint density at radius 1 is 1.35 bits per heavy atom. The van der Waals surface area contributed by atoms with Crippen LogP contribution in [0.4, 0.5) is 0 Å². The molecule has 5 heteroatoms. The summed E-state index contributed by atoms with van der Waals surface area (Å²) < 4.78 is 6.26. The molecular weight excluding hydrogens is 397 g/mol. The molecule has 0 fully saturated rings. The highest BCUT2D eigenvalue weighted by Crippen LogP contribution is 2.10. The van der Waals surface area contributed by atoms with Crippen LogP contribution >= 0.6 is 38.5 Å². The number of carbonyl (C=O) groups excluding carboxylic acids is 1. The number of halogens is 2. The smallest absolute Gasteiger partial charge is 0.252 e. The van der Waals surface area contributed by atoms with Crippen LogP contribution in [0.1, 0.15) is 16.8 Å². The molecular formula is C12H15BrINO2. The number of alkyl halides is 1. The van der Waals surface area contributed by atoms with Gasteiger partial charge in [-0.3, -0.25) is 4.79 Å². The van der Waals surface area contributed by atoms with E-state index in [2.05, 4.69) is 43.8 Å². The van der Waals surface area contributed by atoms with Crippen molar-refractivity contribution in [1.82, 2.24) is 5.32 Å². The topological polar surface area (TPSA) is 38.3 Å². The summed E-state index contributed by atoms with van der Waals surface area (Å²) in [4.78, 5) is 11.8. The number of carbonyl (C=O) groups is 1. The summed E-state index contributed by atoms with van der Waals surface area (Å²) in [5, 5.41) is 3.73. The van der Waals surface area contributed by atoms with Crippen molar-refractivity contribution in [2.45, 2.75) is 6.42 Å². The van der Waals surface area contributed by atoms with Gasteiger partial charge in [0.25, 0.3) is 5.91 Å². The van der Waals surface area contributed by atoms with Crippen molar-refractivity contribution in [1.29, 1.82) is 0 Å². The second-order valence-electron chi connectivity index (χ2n) is 3.39. The van der Waals surface area contributed by atoms with Crippen molar-refractivity contribution in [3.8, 4) is 0 Å². The molecule has 0 atom stereocenters. The molecule has 17 heavy (non-hydrogen) atoms. The van der Waals surface area contributed by atoms with Gasteiger partial charge in [-0.2, -0.15) is 0 Å². The summed E-state index contributed by atoms with van der Waals surface area (Å²) in [7, 11) is 0. The van der Waals surface area contributed by atoms with E-state index in [1.54, 1.807) is 0 Å². The van der Waals surface area contributed by atoms with Gasteiger partial charge in [-0.05, 0) is 41.1 Å². The molecule has 0 bridgehead atoms. The van der Waals surface area contributed by atoms with Crippen LogP contribution < -0.4 is 5.32 Å². The normalized spacial score (nSPS) is 10.2. The molecule has 1 N–H and O–H groups in total. The van der Waals surface area contributed by atoms with Crippen molar-refractivity contribution in [3.63, 3.8) is 0 Å². The SMILES string of the molecule is O=C(NCCCOCCBr)c1ccccc1I. The average molecular weight is 412 g/mol. The molecule has 0 heterocycles. The number of benzene rings is 1. The zero-order chi connectivity index (χ0) is 12.5. The molecule has 1 aromatic carbocycles. The van der Waals surface area contributed by atoms with Crippen molar-refractivity contribution >= 4 is 44.4 Å². The number of hydrogen-bond donors (Lipinski definition) is 1. The number of amides is 1. The molecule has 1 aromatic rings. The van der Waals surface area contributed by atoms with Gasteiger partial charge < -0.3 is 10.1 Å². The van der Waals surface area contributed by atoms with Crippen LogP contribution in [-0.4, -0.2) is 31.0 Å². The summed E-state index contributed by atoms with van der Waals surface area (Å²) in [5.41, 5.74) is 0.731. The second kappa shape index (κ2) is 8.88. The molecule has 0 saturated heterocycles. The third-order valence-electron chi connectivity index (χ3n) is 2.09. The van der Waals surface area contributed by atoms with Crippen LogP contribution in [0.25, 0.3) is 0 Å². The van der Waals surface area contributed by atoms with Crippen molar-refractivity contribution in [2.24, 2.45) is 0 Å². The van der Waals surface area contributed by atoms with Crippen LogP contribution in [0, 0.1) is 3.57 Å². The lowest BCUT2D eigenvalue weighted by Crippen LogP contribution is -2.26. The van der Waals surface area contributed by atoms with Crippen molar-refractivity contribution in [2.75, 3.05) is 25.1 Å². The molecule has 1 amide bonds. The first-order chi connectivity index (χ1) is 8.25. The summed E-state index contributed by atoms with van der Waals surface area (Å²) in [5.74, 6) is -0.0181. The highest BCUT2D eigenvalue weighted by molar-refractivity contribution is 14.1. The molecule has 0 saturated carbocycles. The Balaban J connectivity index is 2.24. The summed E-state index contributed by atoms with van der Waals surface area (Å²) in [6.45, 7) is 2.04. The van der Waals surface area contributed by atoms with E-state index in [1.165, 1.54) is 0 Å². The first-order valence-electron chi connectivity index (χ1n) is 5.42. The predicted molar refractivity (Wildman–Crippen MR) is 80.7 cm³/mol. The number of ether oxygens (including phenoxy) is 1. The fraction of sp³-hybridized carbons (Fsp3) is 0.417. The summed E-state index contributed by atoms with van der Waals surface area (Å²) >= 11 is 5.45. The van der Waals surface area contributed by atoms with Crippen LogP contribution in [0.5, 0.6) is 0 Å². The highest BCUT2D eigenvalue weighted by Gasteiger charge is 2.07. The van der Waals surface area contributed by atoms with Crippen LogP contribution in [0.2, 0.25) is 0 Å². The molecule has 0 aromatic heterocycles. The third-order valence-corrected chi connectivity index (χ3v) is 3.36. The standard InChI is InChI=1S/C12H15BrINO2/c13-6-9-17-8-3-7-15-12(16)10-4-1-2-5-11(10)14/h1-2,4-5H,3,6-9H2,(H,15,16). The molecule has 0 aliphatic carbocycles. The zero-order valence-electron chi connectivity index (χ0n) is 9.42. The molecule has 3 nitrogen and oxygen atoms in total. The van der Waals surface area contributed by atoms with E-state index < -0.39 is 0 Å². The van der Waals surface area contributed by atoms with E-state index in [-0.39, 0.29) is 5.91 Å². The van der Waals surface area contributed by atoms with Gasteiger partial charge in [0.1, 0.15) is 0 Å². The molecule has 0 aliphatic rings. The van der Waals surface area contributed by atoms with Crippen molar-refractivity contribution < 1.29 is 9.53 Å². The van der Waals surface area contributed by atoms with Gasteiger partial charge in [0.05, 0.1) is 12.2 Å². The van der Waals surface area contributed by atoms with Gasteiger partial charge in [-0.15, -0.1) is 0 Å². The minimum atomic E-state index is -0.0181. The van der Waals surface area contributed by atoms with E-state index in [9.17, 15) is 4.79 Å². The van der Waals surface area contributed by atoms with E-state index in [4.69, 9.17) is 4.74 Å². The average Bonchev–Trinajstić information content (AvgIpc) is 2.34. The van der Waals surface area contributed by atoms with Gasteiger partial charge in [-0.1, -0.05) is 28.1 Å². The lowest BCUT2D eigenvalue weighted by atomic mass is 10.2. The molecule has 0 spiro atoms. The fourth-order valence-electron chi connectivity index (χ4n) is 1.27. The largest absolute Gasteiger partial charge is 0.381 e. The maximum absolute atomic E-state index is 11.8. The van der Waals surface area contributed by atoms with E-state index in [0.29, 0.717) is 19.8 Å². The Kier molecular flexibility index (Phi) is 7.79. The Morgan fingerprint density at radius 3 is 2.82 bits per heavy atom. The van der Waals surface area contributed by atoms with E-state index in [0.717, 1.165) is 20.9 Å². The quantitative estimate of drug-likeness (QED) is 0.425. The van der Waals surface area contributed by atoms with Crippen molar-refractivity contribution in [3.05, 3.63) is 33.4 Å². The molecule has 0 unspecified atom stereocenters. The monoisotopic (exact) mass is 411 g/mol. The minimum Gasteiger partial charge on any atom is -0.381 e. The number of nitrogens with one attached hydrogen (secondary N) is 1. The maximum Gasteiger partial charge on any atom is 0.252 e. The van der Waals surface area contributed by atoms with E-state index in [1.807, 2.05) is 24.3 Å². The predicted octanol–water partition coefficient (Wildman–Crippen LogP) is 2.82. The van der Waals surface area contributed by atoms with Gasteiger partial charge in [-0.25, -0.2) is 0 Å². The Labute approximate surface area is 124 Å². The van der Waals surface area contributed by atoms with Crippen LogP contribution in [0.15, 0.2) is 24.3 Å². The maximum atomic E-state index is 11.8. The van der Waals surface area contributed by atoms with Gasteiger partial charge in [0.2, 0.25) is 0 Å². The molecule has 94 valence electrons. The van der Waals surface area contributed by atoms with Crippen LogP contribution in [0.3, 0.4) is 0 Å². The third kappa shape index (κ3) is 5.83. The highest BCUT2D eigenvalue weighted by atomic mass is 127. The second-order valence-corrected chi connectivity index (χ2v) is 5.35. The summed E-state index contributed by atoms with van der Waals surface area (Å²) in [6.07, 6.45) is 0.835. The van der Waals surface area contributed by atoms with Gasteiger partial charge in [0, 0.05) is 22.1 Å². The number of rotatable bonds is 7. The Hall–Kier alpha value is -0.140. The van der Waals surface area contributed by atoms with E-state index >= 15 is 0 Å². The summed E-state index contributed by atoms with van der Waals surface area (Å²) in [6, 6.07) is 7.55. The lowest BCUT2D eigenvalue weighted by molar-refractivity contribution is 0.0944. The first-order valence-corrected chi connectivity index (χ1v) is 7.62. The zero-order valence-corrected chi connectivity index (χ0v) is 13.2. The van der Waals surface area contributed by atoms with Gasteiger partial charge in [0.15, 0.2) is 0 Å². The fourth-order valence-corrected chi connectivity index (χ4v) is 2.13. The molecule has 0 aliphatic heterocycles. The Morgan fingerprint density at radius 2 is 2.12 bits per heavy atom. The Bertz CT molecular complexity index is 360. The van der Waals surface area contributed by atoms with Crippen LogP contribution in [-0.2, 0) is 4.74 Å². The first kappa shape index (κ1) is 14.9.